The summed E-state index contributed by atoms with van der Waals surface area (Å²) in [6.45, 7) is 1.24. The van der Waals surface area contributed by atoms with E-state index in [4.69, 9.17) is 5.73 Å². The molecule has 0 saturated carbocycles. The molecule has 100 valence electrons. The highest BCUT2D eigenvalue weighted by Gasteiger charge is 2.32. The van der Waals surface area contributed by atoms with E-state index in [0.29, 0.717) is 13.1 Å². The molecule has 2 N–H and O–H groups in total. The van der Waals surface area contributed by atoms with E-state index in [1.54, 1.807) is 0 Å². The van der Waals surface area contributed by atoms with Gasteiger partial charge in [-0.25, -0.2) is 0 Å². The van der Waals surface area contributed by atoms with Crippen LogP contribution in [0.4, 0.5) is 18.9 Å². The van der Waals surface area contributed by atoms with Gasteiger partial charge < -0.3 is 10.6 Å². The molecule has 1 heterocycles. The molecule has 0 spiro atoms. The second-order valence-electron chi connectivity index (χ2n) is 4.64. The van der Waals surface area contributed by atoms with E-state index >= 15 is 0 Å². The predicted octanol–water partition coefficient (Wildman–Crippen LogP) is 2.89. The van der Waals surface area contributed by atoms with Gasteiger partial charge in [0.25, 0.3) is 0 Å². The normalized spacial score (nSPS) is 19.1. The Bertz CT molecular complexity index is 403. The van der Waals surface area contributed by atoms with Gasteiger partial charge in [0.1, 0.15) is 0 Å². The molecule has 2 rings (SSSR count). The van der Waals surface area contributed by atoms with Crippen molar-refractivity contribution in [3.05, 3.63) is 29.8 Å². The zero-order chi connectivity index (χ0) is 13.2. The fourth-order valence-electron chi connectivity index (χ4n) is 2.50. The van der Waals surface area contributed by atoms with Crippen molar-refractivity contribution in [2.45, 2.75) is 24.9 Å². The minimum atomic E-state index is -4.10. The van der Waals surface area contributed by atoms with Crippen molar-refractivity contribution < 1.29 is 13.2 Å². The number of hydrogen-bond donors (Lipinski definition) is 1. The Balaban J connectivity index is 2.10. The monoisotopic (exact) mass is 258 g/mol. The van der Waals surface area contributed by atoms with Gasteiger partial charge >= 0.3 is 6.18 Å². The lowest BCUT2D eigenvalue weighted by molar-refractivity contribution is -0.132. The van der Waals surface area contributed by atoms with Crippen molar-refractivity contribution in [1.29, 1.82) is 0 Å². The van der Waals surface area contributed by atoms with Crippen molar-refractivity contribution >= 4 is 5.69 Å². The highest BCUT2D eigenvalue weighted by molar-refractivity contribution is 5.60. The maximum absolute atomic E-state index is 12.3. The number of fused-ring (bicyclic) bond motifs is 1. The largest absolute Gasteiger partial charge is 0.390 e. The van der Waals surface area contributed by atoms with Crippen molar-refractivity contribution in [1.82, 2.24) is 0 Å². The van der Waals surface area contributed by atoms with Crippen molar-refractivity contribution in [3.63, 3.8) is 0 Å². The Morgan fingerprint density at radius 1 is 1.28 bits per heavy atom. The van der Waals surface area contributed by atoms with Crippen LogP contribution in [0, 0.1) is 0 Å². The van der Waals surface area contributed by atoms with Gasteiger partial charge in [-0.1, -0.05) is 18.2 Å². The Morgan fingerprint density at radius 3 is 2.67 bits per heavy atom. The van der Waals surface area contributed by atoms with Gasteiger partial charge in [-0.05, 0) is 24.6 Å². The van der Waals surface area contributed by atoms with Crippen LogP contribution >= 0.6 is 0 Å². The quantitative estimate of drug-likeness (QED) is 0.899. The summed E-state index contributed by atoms with van der Waals surface area (Å²) in [5.74, 6) is 0.263. The summed E-state index contributed by atoms with van der Waals surface area (Å²) >= 11 is 0. The fourth-order valence-corrected chi connectivity index (χ4v) is 2.50. The van der Waals surface area contributed by atoms with Crippen LogP contribution < -0.4 is 10.6 Å². The first-order chi connectivity index (χ1) is 8.51. The second-order valence-corrected chi connectivity index (χ2v) is 4.64. The first-order valence-electron chi connectivity index (χ1n) is 6.12. The van der Waals surface area contributed by atoms with Gasteiger partial charge in [0.15, 0.2) is 0 Å². The zero-order valence-electron chi connectivity index (χ0n) is 10.1. The smallest absolute Gasteiger partial charge is 0.370 e. The second kappa shape index (κ2) is 5.18. The third kappa shape index (κ3) is 2.96. The lowest BCUT2D eigenvalue weighted by Gasteiger charge is -2.20. The molecule has 1 aliphatic rings. The van der Waals surface area contributed by atoms with E-state index in [0.717, 1.165) is 17.7 Å². The molecule has 0 fully saturated rings. The zero-order valence-corrected chi connectivity index (χ0v) is 10.1. The summed E-state index contributed by atoms with van der Waals surface area (Å²) in [6.07, 6.45) is -4.04. The highest BCUT2D eigenvalue weighted by Crippen LogP contribution is 2.38. The van der Waals surface area contributed by atoms with Crippen molar-refractivity contribution in [2.24, 2.45) is 5.73 Å². The number of para-hydroxylation sites is 1. The fraction of sp³-hybridized carbons (Fsp3) is 0.538. The number of nitrogens with zero attached hydrogens (tertiary/aromatic N) is 1. The summed E-state index contributed by atoms with van der Waals surface area (Å²) in [4.78, 5) is 1.82. The number of hydrogen-bond acceptors (Lipinski definition) is 2. The maximum Gasteiger partial charge on any atom is 0.390 e. The van der Waals surface area contributed by atoms with E-state index in [-0.39, 0.29) is 12.5 Å². The molecule has 0 saturated heterocycles. The van der Waals surface area contributed by atoms with Gasteiger partial charge in [0, 0.05) is 24.7 Å². The molecule has 0 bridgehead atoms. The van der Waals surface area contributed by atoms with Crippen LogP contribution in [-0.2, 0) is 0 Å². The molecule has 1 aliphatic heterocycles. The molecule has 1 unspecified atom stereocenters. The summed E-state index contributed by atoms with van der Waals surface area (Å²) in [5.41, 5.74) is 7.62. The summed E-state index contributed by atoms with van der Waals surface area (Å²) in [5, 5.41) is 0. The van der Waals surface area contributed by atoms with E-state index in [9.17, 15) is 13.2 Å². The van der Waals surface area contributed by atoms with Crippen LogP contribution in [-0.4, -0.2) is 25.8 Å². The maximum atomic E-state index is 12.3. The molecule has 2 nitrogen and oxygen atoms in total. The van der Waals surface area contributed by atoms with Crippen LogP contribution in [0.1, 0.15) is 24.3 Å². The first-order valence-corrected chi connectivity index (χ1v) is 6.12. The van der Waals surface area contributed by atoms with Crippen molar-refractivity contribution in [2.75, 3.05) is 24.5 Å². The number of nitrogens with two attached hydrogens (primary N) is 1. The molecule has 1 aromatic rings. The van der Waals surface area contributed by atoms with Gasteiger partial charge in [0.2, 0.25) is 0 Å². The van der Waals surface area contributed by atoms with E-state index in [1.165, 1.54) is 0 Å². The number of rotatable bonds is 4. The summed E-state index contributed by atoms with van der Waals surface area (Å²) in [6, 6.07) is 7.67. The number of benzene rings is 1. The molecule has 0 radical (unpaired) electrons. The van der Waals surface area contributed by atoms with Crippen LogP contribution in [0.5, 0.6) is 0 Å². The topological polar surface area (TPSA) is 29.3 Å². The number of alkyl halides is 3. The number of halogens is 3. The lowest BCUT2D eigenvalue weighted by Crippen LogP contribution is -2.27. The molecule has 1 atom stereocenters. The third-order valence-electron chi connectivity index (χ3n) is 3.34. The predicted molar refractivity (Wildman–Crippen MR) is 65.7 cm³/mol. The SMILES string of the molecule is NCCC1CN(CCC(F)(F)F)c2ccccc21. The van der Waals surface area contributed by atoms with Gasteiger partial charge in [0.05, 0.1) is 6.42 Å². The molecular weight excluding hydrogens is 241 g/mol. The molecule has 1 aromatic carbocycles. The molecule has 0 aliphatic carbocycles. The highest BCUT2D eigenvalue weighted by atomic mass is 19.4. The number of anilines is 1. The molecule has 0 amide bonds. The summed E-state index contributed by atoms with van der Waals surface area (Å²) in [7, 11) is 0. The van der Waals surface area contributed by atoms with Crippen LogP contribution in [0.2, 0.25) is 0 Å². The third-order valence-corrected chi connectivity index (χ3v) is 3.34. The lowest BCUT2D eigenvalue weighted by atomic mass is 9.98. The molecule has 18 heavy (non-hydrogen) atoms. The average Bonchev–Trinajstić information content (AvgIpc) is 2.65. The van der Waals surface area contributed by atoms with E-state index < -0.39 is 12.6 Å². The Labute approximate surface area is 105 Å². The van der Waals surface area contributed by atoms with E-state index in [1.807, 2.05) is 29.2 Å². The van der Waals surface area contributed by atoms with Crippen LogP contribution in [0.15, 0.2) is 24.3 Å². The standard InChI is InChI=1S/C13H17F3N2/c14-13(15,16)6-8-18-9-10(5-7-17)11-3-1-2-4-12(11)18/h1-4,10H,5-9,17H2. The Hall–Kier alpha value is -1.23. The van der Waals surface area contributed by atoms with Gasteiger partial charge in [-0.15, -0.1) is 0 Å². The minimum absolute atomic E-state index is 0.0293. The first kappa shape index (κ1) is 13.2. The molecular formula is C13H17F3N2. The van der Waals surface area contributed by atoms with Gasteiger partial charge in [-0.2, -0.15) is 13.2 Å². The van der Waals surface area contributed by atoms with Gasteiger partial charge in [-0.3, -0.25) is 0 Å². The molecule has 5 heteroatoms. The Kier molecular flexibility index (Phi) is 3.80. The molecule has 0 aromatic heterocycles. The van der Waals surface area contributed by atoms with E-state index in [2.05, 4.69) is 0 Å². The average molecular weight is 258 g/mol. The van der Waals surface area contributed by atoms with Crippen LogP contribution in [0.25, 0.3) is 0 Å². The Morgan fingerprint density at radius 2 is 2.00 bits per heavy atom. The van der Waals surface area contributed by atoms with Crippen LogP contribution in [0.3, 0.4) is 0 Å². The van der Waals surface area contributed by atoms with Crippen molar-refractivity contribution in [3.8, 4) is 0 Å². The minimum Gasteiger partial charge on any atom is -0.370 e. The summed E-state index contributed by atoms with van der Waals surface area (Å²) < 4.78 is 36.9.